The van der Waals surface area contributed by atoms with E-state index in [0.29, 0.717) is 13.0 Å². The molecule has 2 heterocycles. The SMILES string of the molecule is O=C1CC(NC(=O)N2CCCC2c2ccccc2)CN1c1ccccc1. The minimum absolute atomic E-state index is 0.0579. The van der Waals surface area contributed by atoms with Crippen LogP contribution in [0.3, 0.4) is 0 Å². The van der Waals surface area contributed by atoms with Gasteiger partial charge in [-0.1, -0.05) is 48.5 Å². The van der Waals surface area contributed by atoms with Gasteiger partial charge in [0.1, 0.15) is 0 Å². The fourth-order valence-electron chi connectivity index (χ4n) is 3.95. The summed E-state index contributed by atoms with van der Waals surface area (Å²) in [6.07, 6.45) is 2.34. The molecule has 0 aromatic heterocycles. The number of carbonyl (C=O) groups excluding carboxylic acids is 2. The first-order chi connectivity index (χ1) is 12.7. The van der Waals surface area contributed by atoms with Crippen LogP contribution in [0.5, 0.6) is 0 Å². The lowest BCUT2D eigenvalue weighted by Gasteiger charge is -2.27. The molecule has 134 valence electrons. The standard InChI is InChI=1S/C21H23N3O2/c25-20-14-17(15-24(20)18-10-5-2-6-11-18)22-21(26)23-13-7-12-19(23)16-8-3-1-4-9-16/h1-6,8-11,17,19H,7,12-15H2,(H,22,26). The van der Waals surface area contributed by atoms with Gasteiger partial charge in [-0.25, -0.2) is 4.79 Å². The number of hydrogen-bond acceptors (Lipinski definition) is 2. The summed E-state index contributed by atoms with van der Waals surface area (Å²) in [5, 5.41) is 3.08. The summed E-state index contributed by atoms with van der Waals surface area (Å²) in [7, 11) is 0. The van der Waals surface area contributed by atoms with Crippen LogP contribution in [0.25, 0.3) is 0 Å². The Morgan fingerprint density at radius 1 is 1.00 bits per heavy atom. The van der Waals surface area contributed by atoms with E-state index in [1.807, 2.05) is 53.4 Å². The third kappa shape index (κ3) is 3.29. The first-order valence-electron chi connectivity index (χ1n) is 9.20. The van der Waals surface area contributed by atoms with Gasteiger partial charge in [-0.2, -0.15) is 0 Å². The zero-order chi connectivity index (χ0) is 17.9. The summed E-state index contributed by atoms with van der Waals surface area (Å²) in [5.41, 5.74) is 2.06. The molecule has 0 radical (unpaired) electrons. The van der Waals surface area contributed by atoms with Crippen molar-refractivity contribution in [2.45, 2.75) is 31.3 Å². The number of amides is 3. The Kier molecular flexibility index (Phi) is 4.61. The quantitative estimate of drug-likeness (QED) is 0.924. The molecule has 5 heteroatoms. The van der Waals surface area contributed by atoms with Crippen LogP contribution < -0.4 is 10.2 Å². The van der Waals surface area contributed by atoms with Crippen molar-refractivity contribution in [3.63, 3.8) is 0 Å². The molecule has 2 unspecified atom stereocenters. The van der Waals surface area contributed by atoms with Crippen LogP contribution in [-0.4, -0.2) is 36.0 Å². The fraction of sp³-hybridized carbons (Fsp3) is 0.333. The number of anilines is 1. The highest BCUT2D eigenvalue weighted by Crippen LogP contribution is 2.32. The van der Waals surface area contributed by atoms with Gasteiger partial charge in [-0.15, -0.1) is 0 Å². The Morgan fingerprint density at radius 3 is 2.42 bits per heavy atom. The van der Waals surface area contributed by atoms with Crippen molar-refractivity contribution in [2.75, 3.05) is 18.0 Å². The average molecular weight is 349 g/mol. The molecule has 2 atom stereocenters. The van der Waals surface area contributed by atoms with Gasteiger partial charge in [0, 0.05) is 25.2 Å². The van der Waals surface area contributed by atoms with Crippen LogP contribution in [0.1, 0.15) is 30.9 Å². The Hall–Kier alpha value is -2.82. The van der Waals surface area contributed by atoms with Crippen molar-refractivity contribution in [3.05, 3.63) is 66.2 Å². The third-order valence-electron chi connectivity index (χ3n) is 5.22. The smallest absolute Gasteiger partial charge is 0.318 e. The maximum absolute atomic E-state index is 12.8. The van der Waals surface area contributed by atoms with E-state index in [0.717, 1.165) is 25.1 Å². The highest BCUT2D eigenvalue weighted by Gasteiger charge is 2.35. The zero-order valence-electron chi connectivity index (χ0n) is 14.7. The molecular formula is C21H23N3O2. The van der Waals surface area contributed by atoms with Crippen molar-refractivity contribution in [1.82, 2.24) is 10.2 Å². The molecule has 0 spiro atoms. The zero-order valence-corrected chi connectivity index (χ0v) is 14.7. The van der Waals surface area contributed by atoms with Crippen LogP contribution in [0.2, 0.25) is 0 Å². The number of benzene rings is 2. The molecule has 3 amide bonds. The number of urea groups is 1. The molecule has 4 rings (SSSR count). The number of carbonyl (C=O) groups is 2. The normalized spacial score (nSPS) is 22.7. The number of rotatable bonds is 3. The second-order valence-corrected chi connectivity index (χ2v) is 6.95. The van der Waals surface area contributed by atoms with Gasteiger partial charge >= 0.3 is 6.03 Å². The molecule has 0 bridgehead atoms. The Bertz CT molecular complexity index is 778. The molecular weight excluding hydrogens is 326 g/mol. The van der Waals surface area contributed by atoms with Crippen LogP contribution >= 0.6 is 0 Å². The van der Waals surface area contributed by atoms with Gasteiger partial charge < -0.3 is 15.1 Å². The molecule has 2 fully saturated rings. The van der Waals surface area contributed by atoms with E-state index in [2.05, 4.69) is 17.4 Å². The summed E-state index contributed by atoms with van der Waals surface area (Å²) >= 11 is 0. The van der Waals surface area contributed by atoms with E-state index in [9.17, 15) is 9.59 Å². The van der Waals surface area contributed by atoms with Crippen molar-refractivity contribution in [2.24, 2.45) is 0 Å². The number of hydrogen-bond donors (Lipinski definition) is 1. The molecule has 2 aliphatic rings. The lowest BCUT2D eigenvalue weighted by atomic mass is 10.1. The van der Waals surface area contributed by atoms with Gasteiger partial charge in [0.05, 0.1) is 12.1 Å². The highest BCUT2D eigenvalue weighted by atomic mass is 16.2. The lowest BCUT2D eigenvalue weighted by Crippen LogP contribution is -2.45. The Labute approximate surface area is 153 Å². The number of nitrogens with one attached hydrogen (secondary N) is 1. The van der Waals surface area contributed by atoms with Gasteiger partial charge in [0.2, 0.25) is 5.91 Å². The van der Waals surface area contributed by atoms with Crippen molar-refractivity contribution in [3.8, 4) is 0 Å². The fourth-order valence-corrected chi connectivity index (χ4v) is 3.95. The number of nitrogens with zero attached hydrogens (tertiary/aromatic N) is 2. The molecule has 2 aliphatic heterocycles. The molecule has 2 aromatic carbocycles. The van der Waals surface area contributed by atoms with Crippen molar-refractivity contribution < 1.29 is 9.59 Å². The Morgan fingerprint density at radius 2 is 1.69 bits per heavy atom. The van der Waals surface area contributed by atoms with E-state index >= 15 is 0 Å². The van der Waals surface area contributed by atoms with Crippen LogP contribution in [-0.2, 0) is 4.79 Å². The van der Waals surface area contributed by atoms with Gasteiger partial charge in [-0.05, 0) is 30.5 Å². The highest BCUT2D eigenvalue weighted by molar-refractivity contribution is 5.96. The van der Waals surface area contributed by atoms with Crippen molar-refractivity contribution in [1.29, 1.82) is 0 Å². The number of para-hydroxylation sites is 1. The van der Waals surface area contributed by atoms with E-state index in [1.54, 1.807) is 4.90 Å². The maximum Gasteiger partial charge on any atom is 0.318 e. The molecule has 0 saturated carbocycles. The minimum Gasteiger partial charge on any atom is -0.333 e. The van der Waals surface area contributed by atoms with E-state index in [4.69, 9.17) is 0 Å². The van der Waals surface area contributed by atoms with E-state index < -0.39 is 0 Å². The monoisotopic (exact) mass is 349 g/mol. The molecule has 5 nitrogen and oxygen atoms in total. The summed E-state index contributed by atoms with van der Waals surface area (Å²) in [6.45, 7) is 1.28. The van der Waals surface area contributed by atoms with Crippen LogP contribution in [0.4, 0.5) is 10.5 Å². The Balaban J connectivity index is 1.41. The molecule has 1 N–H and O–H groups in total. The predicted molar refractivity (Wildman–Crippen MR) is 101 cm³/mol. The largest absolute Gasteiger partial charge is 0.333 e. The first-order valence-corrected chi connectivity index (χ1v) is 9.20. The topological polar surface area (TPSA) is 52.7 Å². The molecule has 26 heavy (non-hydrogen) atoms. The summed E-state index contributed by atoms with van der Waals surface area (Å²) in [6, 6.07) is 19.7. The summed E-state index contributed by atoms with van der Waals surface area (Å²) in [5.74, 6) is 0.0579. The van der Waals surface area contributed by atoms with Crippen molar-refractivity contribution >= 4 is 17.6 Å². The first kappa shape index (κ1) is 16.6. The predicted octanol–water partition coefficient (Wildman–Crippen LogP) is 3.34. The number of likely N-dealkylation sites (tertiary alicyclic amines) is 1. The van der Waals surface area contributed by atoms with Crippen LogP contribution in [0, 0.1) is 0 Å². The van der Waals surface area contributed by atoms with Gasteiger partial charge in [0.15, 0.2) is 0 Å². The maximum atomic E-state index is 12.8. The lowest BCUT2D eigenvalue weighted by molar-refractivity contribution is -0.117. The summed E-state index contributed by atoms with van der Waals surface area (Å²) in [4.78, 5) is 28.8. The van der Waals surface area contributed by atoms with Gasteiger partial charge in [0.25, 0.3) is 0 Å². The van der Waals surface area contributed by atoms with E-state index in [1.165, 1.54) is 5.56 Å². The molecule has 2 saturated heterocycles. The second-order valence-electron chi connectivity index (χ2n) is 6.95. The minimum atomic E-state index is -0.146. The third-order valence-corrected chi connectivity index (χ3v) is 5.22. The van der Waals surface area contributed by atoms with Gasteiger partial charge in [-0.3, -0.25) is 4.79 Å². The summed E-state index contributed by atoms with van der Waals surface area (Å²) < 4.78 is 0. The van der Waals surface area contributed by atoms with Crippen LogP contribution in [0.15, 0.2) is 60.7 Å². The second kappa shape index (κ2) is 7.20. The molecule has 0 aliphatic carbocycles. The van der Waals surface area contributed by atoms with E-state index in [-0.39, 0.29) is 24.0 Å². The average Bonchev–Trinajstić information content (AvgIpc) is 3.30. The molecule has 2 aromatic rings.